The van der Waals surface area contributed by atoms with E-state index in [1.165, 1.54) is 0 Å². The summed E-state index contributed by atoms with van der Waals surface area (Å²) in [6, 6.07) is 11.4. The van der Waals surface area contributed by atoms with Crippen LogP contribution in [0, 0.1) is 0 Å². The lowest BCUT2D eigenvalue weighted by molar-refractivity contribution is -0.133. The Balaban J connectivity index is 1.82. The molecule has 2 aromatic rings. The van der Waals surface area contributed by atoms with Crippen LogP contribution >= 0.6 is 0 Å². The van der Waals surface area contributed by atoms with Crippen LogP contribution in [0.3, 0.4) is 0 Å². The minimum Gasteiger partial charge on any atom is -0.361 e. The van der Waals surface area contributed by atoms with E-state index < -0.39 is 0 Å². The van der Waals surface area contributed by atoms with Crippen LogP contribution in [0.15, 0.2) is 40.9 Å². The van der Waals surface area contributed by atoms with Gasteiger partial charge in [0.05, 0.1) is 6.04 Å². The van der Waals surface area contributed by atoms with Crippen LogP contribution in [0.1, 0.15) is 41.7 Å². The fourth-order valence-corrected chi connectivity index (χ4v) is 3.05. The highest BCUT2D eigenvalue weighted by Gasteiger charge is 2.33. The maximum Gasteiger partial charge on any atom is 0.276 e. The van der Waals surface area contributed by atoms with Crippen LogP contribution < -0.4 is 0 Å². The van der Waals surface area contributed by atoms with E-state index in [1.54, 1.807) is 17.9 Å². The molecule has 0 spiro atoms. The Hall–Kier alpha value is -2.63. The number of benzene rings is 1. The van der Waals surface area contributed by atoms with Crippen LogP contribution in [-0.4, -0.2) is 46.4 Å². The van der Waals surface area contributed by atoms with E-state index >= 15 is 0 Å². The summed E-state index contributed by atoms with van der Waals surface area (Å²) in [5, 5.41) is 3.87. The van der Waals surface area contributed by atoms with E-state index in [4.69, 9.17) is 4.52 Å². The molecule has 1 unspecified atom stereocenters. The predicted molar refractivity (Wildman–Crippen MR) is 88.4 cm³/mol. The van der Waals surface area contributed by atoms with E-state index in [2.05, 4.69) is 5.16 Å². The molecule has 1 aliphatic heterocycles. The van der Waals surface area contributed by atoms with Crippen LogP contribution in [-0.2, 0) is 11.2 Å². The number of piperazine rings is 1. The topological polar surface area (TPSA) is 66.7 Å². The van der Waals surface area contributed by atoms with Gasteiger partial charge in [-0.15, -0.1) is 0 Å². The third-order valence-corrected chi connectivity index (χ3v) is 4.38. The standard InChI is InChI=1S/C18H21N3O3/c1-3-15-11-16(19-24-15)18(23)20-9-10-21(13(2)22)17(12-20)14-7-5-4-6-8-14/h4-8,11,17H,3,9-10,12H2,1-2H3. The molecule has 1 aromatic carbocycles. The van der Waals surface area contributed by atoms with Crippen molar-refractivity contribution in [3.8, 4) is 0 Å². The first-order valence-corrected chi connectivity index (χ1v) is 8.17. The number of aromatic nitrogens is 1. The zero-order valence-electron chi connectivity index (χ0n) is 13.9. The lowest BCUT2D eigenvalue weighted by atomic mass is 10.0. The molecule has 3 rings (SSSR count). The van der Waals surface area contributed by atoms with Gasteiger partial charge in [0.25, 0.3) is 5.91 Å². The summed E-state index contributed by atoms with van der Waals surface area (Å²) >= 11 is 0. The first-order valence-electron chi connectivity index (χ1n) is 8.17. The smallest absolute Gasteiger partial charge is 0.276 e. The zero-order valence-corrected chi connectivity index (χ0v) is 13.9. The molecule has 0 bridgehead atoms. The van der Waals surface area contributed by atoms with E-state index in [0.717, 1.165) is 5.56 Å². The van der Waals surface area contributed by atoms with E-state index in [-0.39, 0.29) is 17.9 Å². The fourth-order valence-electron chi connectivity index (χ4n) is 3.05. The van der Waals surface area contributed by atoms with E-state index in [0.29, 0.717) is 37.5 Å². The second kappa shape index (κ2) is 6.86. The van der Waals surface area contributed by atoms with Gasteiger partial charge in [0.1, 0.15) is 5.76 Å². The molecule has 126 valence electrons. The number of amides is 2. The maximum absolute atomic E-state index is 12.7. The molecule has 1 fully saturated rings. The number of hydrogen-bond acceptors (Lipinski definition) is 4. The summed E-state index contributed by atoms with van der Waals surface area (Å²) in [6.45, 7) is 4.98. The van der Waals surface area contributed by atoms with Gasteiger partial charge in [0.15, 0.2) is 5.69 Å². The van der Waals surface area contributed by atoms with E-state index in [1.807, 2.05) is 42.2 Å². The average Bonchev–Trinajstić information content (AvgIpc) is 3.10. The summed E-state index contributed by atoms with van der Waals surface area (Å²) in [6.07, 6.45) is 0.699. The van der Waals surface area contributed by atoms with Crippen molar-refractivity contribution < 1.29 is 14.1 Å². The van der Waals surface area contributed by atoms with Crippen LogP contribution in [0.2, 0.25) is 0 Å². The molecule has 6 nitrogen and oxygen atoms in total. The summed E-state index contributed by atoms with van der Waals surface area (Å²) in [5.41, 5.74) is 1.36. The van der Waals surface area contributed by atoms with Gasteiger partial charge < -0.3 is 14.3 Å². The predicted octanol–water partition coefficient (Wildman–Crippen LogP) is 2.28. The minimum atomic E-state index is -0.150. The van der Waals surface area contributed by atoms with Crippen molar-refractivity contribution in [1.29, 1.82) is 0 Å². The zero-order chi connectivity index (χ0) is 17.1. The molecule has 1 aromatic heterocycles. The Morgan fingerprint density at radius 3 is 2.62 bits per heavy atom. The summed E-state index contributed by atoms with van der Waals surface area (Å²) in [7, 11) is 0. The quantitative estimate of drug-likeness (QED) is 0.867. The SMILES string of the molecule is CCc1cc(C(=O)N2CCN(C(C)=O)C(c3ccccc3)C2)no1. The van der Waals surface area contributed by atoms with Crippen molar-refractivity contribution in [3.05, 3.63) is 53.4 Å². The Bertz CT molecular complexity index is 726. The monoisotopic (exact) mass is 327 g/mol. The summed E-state index contributed by atoms with van der Waals surface area (Å²) in [5.74, 6) is 0.563. The Labute approximate surface area is 141 Å². The van der Waals surface area contributed by atoms with Crippen molar-refractivity contribution in [2.45, 2.75) is 26.3 Å². The number of nitrogens with zero attached hydrogens (tertiary/aromatic N) is 3. The third kappa shape index (κ3) is 3.18. The lowest BCUT2D eigenvalue weighted by Gasteiger charge is -2.41. The van der Waals surface area contributed by atoms with Gasteiger partial charge in [-0.1, -0.05) is 42.4 Å². The molecule has 24 heavy (non-hydrogen) atoms. The van der Waals surface area contributed by atoms with Crippen LogP contribution in [0.4, 0.5) is 0 Å². The average molecular weight is 327 g/mol. The van der Waals surface area contributed by atoms with Gasteiger partial charge in [-0.25, -0.2) is 0 Å². The Morgan fingerprint density at radius 1 is 1.25 bits per heavy atom. The molecule has 0 aliphatic carbocycles. The molecule has 2 amide bonds. The Kier molecular flexibility index (Phi) is 4.64. The molecule has 0 N–H and O–H groups in total. The van der Waals surface area contributed by atoms with Gasteiger partial charge >= 0.3 is 0 Å². The largest absolute Gasteiger partial charge is 0.361 e. The highest BCUT2D eigenvalue weighted by molar-refractivity contribution is 5.92. The van der Waals surface area contributed by atoms with Crippen LogP contribution in [0.5, 0.6) is 0 Å². The van der Waals surface area contributed by atoms with Gasteiger partial charge in [0.2, 0.25) is 5.91 Å². The highest BCUT2D eigenvalue weighted by atomic mass is 16.5. The molecule has 1 saturated heterocycles. The second-order valence-corrected chi connectivity index (χ2v) is 5.92. The van der Waals surface area contributed by atoms with Gasteiger partial charge in [-0.05, 0) is 5.56 Å². The molecule has 2 heterocycles. The number of rotatable bonds is 3. The summed E-state index contributed by atoms with van der Waals surface area (Å²) < 4.78 is 5.13. The Morgan fingerprint density at radius 2 is 2.00 bits per heavy atom. The number of carbonyl (C=O) groups is 2. The molecular formula is C18H21N3O3. The molecular weight excluding hydrogens is 306 g/mol. The number of hydrogen-bond donors (Lipinski definition) is 0. The van der Waals surface area contributed by atoms with Gasteiger partial charge in [-0.2, -0.15) is 0 Å². The van der Waals surface area contributed by atoms with Crippen molar-refractivity contribution >= 4 is 11.8 Å². The second-order valence-electron chi connectivity index (χ2n) is 5.92. The molecule has 1 atom stereocenters. The highest BCUT2D eigenvalue weighted by Crippen LogP contribution is 2.26. The normalized spacial score (nSPS) is 17.8. The third-order valence-electron chi connectivity index (χ3n) is 4.38. The van der Waals surface area contributed by atoms with Gasteiger partial charge in [-0.3, -0.25) is 9.59 Å². The van der Waals surface area contributed by atoms with Gasteiger partial charge in [0, 0.05) is 39.0 Å². The molecule has 0 saturated carbocycles. The lowest BCUT2D eigenvalue weighted by Crippen LogP contribution is -2.51. The molecule has 0 radical (unpaired) electrons. The number of carbonyl (C=O) groups excluding carboxylic acids is 2. The van der Waals surface area contributed by atoms with Crippen molar-refractivity contribution in [2.24, 2.45) is 0 Å². The molecule has 6 heteroatoms. The number of aryl methyl sites for hydroxylation is 1. The van der Waals surface area contributed by atoms with Crippen molar-refractivity contribution in [1.82, 2.24) is 15.0 Å². The minimum absolute atomic E-state index is 0.0191. The first-order chi connectivity index (χ1) is 11.6. The van der Waals surface area contributed by atoms with Crippen molar-refractivity contribution in [2.75, 3.05) is 19.6 Å². The fraction of sp³-hybridized carbons (Fsp3) is 0.389. The first kappa shape index (κ1) is 16.2. The summed E-state index contributed by atoms with van der Waals surface area (Å²) in [4.78, 5) is 28.2. The van der Waals surface area contributed by atoms with E-state index in [9.17, 15) is 9.59 Å². The van der Waals surface area contributed by atoms with Crippen molar-refractivity contribution in [3.63, 3.8) is 0 Å². The van der Waals surface area contributed by atoms with Crippen LogP contribution in [0.25, 0.3) is 0 Å². The molecule has 1 aliphatic rings. The maximum atomic E-state index is 12.7.